The Kier molecular flexibility index (Phi) is 9.67. The van der Waals surface area contributed by atoms with Crippen LogP contribution in [0.2, 0.25) is 0 Å². The average Bonchev–Trinajstić information content (AvgIpc) is 2.82. The number of fused-ring (bicyclic) bond motifs is 1. The fourth-order valence-electron chi connectivity index (χ4n) is 4.64. The van der Waals surface area contributed by atoms with Crippen LogP contribution in [0.1, 0.15) is 64.0 Å². The van der Waals surface area contributed by atoms with Gasteiger partial charge in [0, 0.05) is 17.8 Å². The third-order valence-corrected chi connectivity index (χ3v) is 8.08. The summed E-state index contributed by atoms with van der Waals surface area (Å²) < 4.78 is 0. The number of nitrogens with one attached hydrogen (secondary N) is 1. The van der Waals surface area contributed by atoms with E-state index < -0.39 is 0 Å². The van der Waals surface area contributed by atoms with Crippen LogP contribution < -0.4 is 5.32 Å². The smallest absolute Gasteiger partial charge is 0.261 e. The molecule has 5 nitrogen and oxygen atoms in total. The number of hydrogen-bond donors (Lipinski definition) is 1. The number of carbonyl (C=O) groups excluding carboxylic acids is 2. The van der Waals surface area contributed by atoms with Gasteiger partial charge in [-0.05, 0) is 62.5 Å². The molecule has 1 saturated carbocycles. The highest BCUT2D eigenvalue weighted by Crippen LogP contribution is 2.42. The number of benzene rings is 1. The van der Waals surface area contributed by atoms with Gasteiger partial charge in [0.15, 0.2) is 0 Å². The molecule has 1 aromatic rings. The highest BCUT2D eigenvalue weighted by Gasteiger charge is 2.41. The molecule has 1 N–H and O–H groups in total. The molecule has 3 rings (SSSR count). The number of aryl methyl sites for hydroxylation is 1. The molecule has 1 aliphatic heterocycles. The minimum Gasteiger partial charge on any atom is -0.355 e. The van der Waals surface area contributed by atoms with E-state index in [0.29, 0.717) is 11.8 Å². The third-order valence-electron chi connectivity index (χ3n) is 6.69. The van der Waals surface area contributed by atoms with Crippen molar-refractivity contribution in [2.75, 3.05) is 32.7 Å². The van der Waals surface area contributed by atoms with Crippen molar-refractivity contribution in [2.24, 2.45) is 0 Å². The monoisotopic (exact) mass is 457 g/mol. The molecule has 2 atom stereocenters. The Morgan fingerprint density at radius 1 is 1.16 bits per heavy atom. The largest absolute Gasteiger partial charge is 0.355 e. The van der Waals surface area contributed by atoms with Crippen molar-refractivity contribution in [2.45, 2.75) is 70.6 Å². The van der Waals surface area contributed by atoms with Crippen molar-refractivity contribution < 1.29 is 9.59 Å². The molecule has 0 spiro atoms. The molecule has 0 bridgehead atoms. The molecule has 2 unspecified atom stereocenters. The Hall–Kier alpha value is -1.79. The SMILES string of the molecule is CCc1ccc(/C=C2/SC3CCCCC3N(CC(=O)NCCCN(CC)CC)C2=O)cc1. The number of thioether (sulfide) groups is 1. The summed E-state index contributed by atoms with van der Waals surface area (Å²) in [5.74, 6) is -0.0308. The van der Waals surface area contributed by atoms with Gasteiger partial charge >= 0.3 is 0 Å². The van der Waals surface area contributed by atoms with Gasteiger partial charge in [0.05, 0.1) is 4.91 Å². The van der Waals surface area contributed by atoms with Crippen LogP contribution in [0, 0.1) is 0 Å². The molecule has 0 aromatic heterocycles. The number of rotatable bonds is 10. The lowest BCUT2D eigenvalue weighted by Gasteiger charge is -2.43. The Balaban J connectivity index is 1.65. The van der Waals surface area contributed by atoms with Crippen LogP contribution in [-0.2, 0) is 16.0 Å². The van der Waals surface area contributed by atoms with Crippen molar-refractivity contribution in [1.82, 2.24) is 15.1 Å². The van der Waals surface area contributed by atoms with E-state index in [4.69, 9.17) is 0 Å². The summed E-state index contributed by atoms with van der Waals surface area (Å²) in [5.41, 5.74) is 2.34. The van der Waals surface area contributed by atoms with Crippen LogP contribution in [0.5, 0.6) is 0 Å². The molecule has 0 radical (unpaired) electrons. The maximum Gasteiger partial charge on any atom is 0.261 e. The van der Waals surface area contributed by atoms with Gasteiger partial charge in [-0.1, -0.05) is 57.9 Å². The van der Waals surface area contributed by atoms with Gasteiger partial charge in [-0.3, -0.25) is 9.59 Å². The first-order valence-corrected chi connectivity index (χ1v) is 13.2. The average molecular weight is 458 g/mol. The second-order valence-corrected chi connectivity index (χ2v) is 10.1. The quantitative estimate of drug-likeness (QED) is 0.420. The van der Waals surface area contributed by atoms with E-state index in [9.17, 15) is 9.59 Å². The van der Waals surface area contributed by atoms with Gasteiger partial charge < -0.3 is 15.1 Å². The highest BCUT2D eigenvalue weighted by molar-refractivity contribution is 8.04. The van der Waals surface area contributed by atoms with E-state index in [1.807, 2.05) is 11.0 Å². The molecule has 6 heteroatoms. The van der Waals surface area contributed by atoms with Crippen LogP contribution in [-0.4, -0.2) is 65.6 Å². The summed E-state index contributed by atoms with van der Waals surface area (Å²) in [7, 11) is 0. The minimum absolute atomic E-state index is 0.0102. The maximum atomic E-state index is 13.4. The van der Waals surface area contributed by atoms with E-state index in [0.717, 1.165) is 62.2 Å². The van der Waals surface area contributed by atoms with Gasteiger partial charge in [0.2, 0.25) is 5.91 Å². The molecular formula is C26H39N3O2S. The summed E-state index contributed by atoms with van der Waals surface area (Å²) in [6, 6.07) is 8.58. The second kappa shape index (κ2) is 12.4. The van der Waals surface area contributed by atoms with E-state index >= 15 is 0 Å². The van der Waals surface area contributed by atoms with Crippen molar-refractivity contribution in [1.29, 1.82) is 0 Å². The van der Waals surface area contributed by atoms with E-state index in [1.165, 1.54) is 12.0 Å². The topological polar surface area (TPSA) is 52.7 Å². The molecule has 1 heterocycles. The highest BCUT2D eigenvalue weighted by atomic mass is 32.2. The number of hydrogen-bond acceptors (Lipinski definition) is 4. The van der Waals surface area contributed by atoms with Crippen LogP contribution in [0.4, 0.5) is 0 Å². The van der Waals surface area contributed by atoms with Gasteiger partial charge in [0.25, 0.3) is 5.91 Å². The molecule has 1 aliphatic carbocycles. The molecule has 1 aromatic carbocycles. The summed E-state index contributed by atoms with van der Waals surface area (Å²) >= 11 is 1.72. The predicted octanol–water partition coefficient (Wildman–Crippen LogP) is 4.32. The Morgan fingerprint density at radius 2 is 1.88 bits per heavy atom. The van der Waals surface area contributed by atoms with Crippen molar-refractivity contribution in [3.8, 4) is 0 Å². The molecule has 2 fully saturated rings. The zero-order valence-corrected chi connectivity index (χ0v) is 20.8. The van der Waals surface area contributed by atoms with Gasteiger partial charge in [-0.2, -0.15) is 0 Å². The second-order valence-electron chi connectivity index (χ2n) is 8.78. The Bertz CT molecular complexity index is 789. The van der Waals surface area contributed by atoms with Crippen LogP contribution in [0.15, 0.2) is 29.2 Å². The van der Waals surface area contributed by atoms with Crippen molar-refractivity contribution >= 4 is 29.7 Å². The lowest BCUT2D eigenvalue weighted by atomic mass is 9.93. The minimum atomic E-state index is -0.0410. The molecular weight excluding hydrogens is 418 g/mol. The summed E-state index contributed by atoms with van der Waals surface area (Å²) in [6.07, 6.45) is 8.38. The molecule has 32 heavy (non-hydrogen) atoms. The van der Waals surface area contributed by atoms with E-state index in [-0.39, 0.29) is 24.4 Å². The third kappa shape index (κ3) is 6.61. The Morgan fingerprint density at radius 3 is 2.56 bits per heavy atom. The summed E-state index contributed by atoms with van der Waals surface area (Å²) in [6.45, 7) is 10.3. The van der Waals surface area contributed by atoms with E-state index in [2.05, 4.69) is 55.3 Å². The lowest BCUT2D eigenvalue weighted by Crippen LogP contribution is -2.54. The summed E-state index contributed by atoms with van der Waals surface area (Å²) in [4.78, 5) is 31.1. The first-order valence-electron chi connectivity index (χ1n) is 12.3. The standard InChI is InChI=1S/C26H39N3O2S/c1-4-20-12-14-21(15-13-20)18-24-26(31)29(22-10-7-8-11-23(22)32-24)19-25(30)27-16-9-17-28(5-2)6-3/h12-15,18,22-23H,4-11,16-17,19H2,1-3H3,(H,27,30)/b24-18+. The first kappa shape index (κ1) is 24.8. The van der Waals surface area contributed by atoms with Crippen molar-refractivity contribution in [3.05, 3.63) is 40.3 Å². The zero-order valence-electron chi connectivity index (χ0n) is 19.9. The number of carbonyl (C=O) groups is 2. The first-order chi connectivity index (χ1) is 15.5. The fourth-order valence-corrected chi connectivity index (χ4v) is 6.12. The van der Waals surface area contributed by atoms with Gasteiger partial charge in [0.1, 0.15) is 6.54 Å². The predicted molar refractivity (Wildman–Crippen MR) is 135 cm³/mol. The molecule has 1 saturated heterocycles. The van der Waals surface area contributed by atoms with Gasteiger partial charge in [-0.25, -0.2) is 0 Å². The van der Waals surface area contributed by atoms with Crippen LogP contribution in [0.25, 0.3) is 6.08 Å². The van der Waals surface area contributed by atoms with Crippen LogP contribution >= 0.6 is 11.8 Å². The lowest BCUT2D eigenvalue weighted by molar-refractivity contribution is -0.135. The van der Waals surface area contributed by atoms with Crippen molar-refractivity contribution in [3.63, 3.8) is 0 Å². The van der Waals surface area contributed by atoms with E-state index in [1.54, 1.807) is 11.8 Å². The molecule has 2 amide bonds. The Labute approximate surface area is 198 Å². The van der Waals surface area contributed by atoms with Crippen LogP contribution in [0.3, 0.4) is 0 Å². The molecule has 2 aliphatic rings. The number of amides is 2. The number of nitrogens with zero attached hydrogens (tertiary/aromatic N) is 2. The fraction of sp³-hybridized carbons (Fsp3) is 0.615. The zero-order chi connectivity index (χ0) is 22.9. The van der Waals surface area contributed by atoms with Gasteiger partial charge in [-0.15, -0.1) is 11.8 Å². The maximum absolute atomic E-state index is 13.4. The molecule has 176 valence electrons. The normalized spacial score (nSPS) is 22.3. The summed E-state index contributed by atoms with van der Waals surface area (Å²) in [5, 5.41) is 3.43.